The Bertz CT molecular complexity index is 583. The Morgan fingerprint density at radius 2 is 2.12 bits per heavy atom. The number of hydrogen-bond acceptors (Lipinski definition) is 3. The molecule has 1 aromatic rings. The molecule has 1 aliphatic rings. The van der Waals surface area contributed by atoms with Crippen molar-refractivity contribution in [1.29, 1.82) is 0 Å². The lowest BCUT2D eigenvalue weighted by molar-refractivity contribution is -0.120. The van der Waals surface area contributed by atoms with Crippen LogP contribution in [0.2, 0.25) is 0 Å². The first-order valence-electron chi connectivity index (χ1n) is 7.87. The molecule has 0 bridgehead atoms. The quantitative estimate of drug-likeness (QED) is 0.863. The van der Waals surface area contributed by atoms with Crippen molar-refractivity contribution in [1.82, 2.24) is 15.5 Å². The summed E-state index contributed by atoms with van der Waals surface area (Å²) in [5.74, 6) is -0.0413. The van der Waals surface area contributed by atoms with Gasteiger partial charge in [0.1, 0.15) is 5.75 Å². The number of halogens is 2. The van der Waals surface area contributed by atoms with E-state index in [0.717, 1.165) is 0 Å². The summed E-state index contributed by atoms with van der Waals surface area (Å²) >= 11 is 0. The molecule has 2 rings (SSSR count). The molecule has 0 saturated carbocycles. The van der Waals surface area contributed by atoms with Gasteiger partial charge in [-0.1, -0.05) is 25.1 Å². The number of hydrogen-bond donors (Lipinski definition) is 2. The van der Waals surface area contributed by atoms with Gasteiger partial charge in [0.25, 0.3) is 0 Å². The van der Waals surface area contributed by atoms with Crippen molar-refractivity contribution in [2.24, 2.45) is 0 Å². The van der Waals surface area contributed by atoms with Gasteiger partial charge in [-0.3, -0.25) is 4.79 Å². The molecule has 8 heteroatoms. The maximum Gasteiger partial charge on any atom is 0.387 e. The number of para-hydroxylation sites is 1. The zero-order valence-electron chi connectivity index (χ0n) is 13.4. The Balaban J connectivity index is 2.09. The molecule has 1 aromatic carbocycles. The molecule has 1 unspecified atom stereocenters. The van der Waals surface area contributed by atoms with Crippen molar-refractivity contribution in [3.05, 3.63) is 29.8 Å². The van der Waals surface area contributed by atoms with Crippen LogP contribution in [0, 0.1) is 0 Å². The minimum absolute atomic E-state index is 0.0485. The Kier molecular flexibility index (Phi) is 6.34. The number of amides is 3. The highest BCUT2D eigenvalue weighted by Gasteiger charge is 2.23. The monoisotopic (exact) mass is 341 g/mol. The second-order valence-electron chi connectivity index (χ2n) is 5.41. The molecular weight excluding hydrogens is 320 g/mol. The molecule has 3 amide bonds. The van der Waals surface area contributed by atoms with Gasteiger partial charge in [0.15, 0.2) is 0 Å². The summed E-state index contributed by atoms with van der Waals surface area (Å²) in [5.41, 5.74) is 0.498. The van der Waals surface area contributed by atoms with E-state index >= 15 is 0 Å². The standard InChI is InChI=1S/C16H21F2N3O3/c1-2-12(11-5-3-4-6-13(11)24-15(17)18)20-16(23)21-9-7-14(22)19-8-10-21/h3-6,12,15H,2,7-10H2,1H3,(H,19,22)(H,20,23). The number of rotatable bonds is 5. The summed E-state index contributed by atoms with van der Waals surface area (Å²) in [6, 6.07) is 5.62. The van der Waals surface area contributed by atoms with Crippen LogP contribution in [-0.2, 0) is 4.79 Å². The summed E-state index contributed by atoms with van der Waals surface area (Å²) in [7, 11) is 0. The smallest absolute Gasteiger partial charge is 0.387 e. The van der Waals surface area contributed by atoms with Crippen molar-refractivity contribution < 1.29 is 23.1 Å². The van der Waals surface area contributed by atoms with Crippen LogP contribution in [0.5, 0.6) is 5.75 Å². The second kappa shape index (κ2) is 8.47. The molecule has 0 aromatic heterocycles. The Hall–Kier alpha value is -2.38. The van der Waals surface area contributed by atoms with E-state index in [0.29, 0.717) is 31.6 Å². The molecule has 0 spiro atoms. The number of urea groups is 1. The predicted molar refractivity (Wildman–Crippen MR) is 83.8 cm³/mol. The fraction of sp³-hybridized carbons (Fsp3) is 0.500. The second-order valence-corrected chi connectivity index (χ2v) is 5.41. The maximum absolute atomic E-state index is 12.5. The topological polar surface area (TPSA) is 70.7 Å². The summed E-state index contributed by atoms with van der Waals surface area (Å²) in [6.07, 6.45) is 0.760. The van der Waals surface area contributed by atoms with Gasteiger partial charge in [0.05, 0.1) is 6.04 Å². The summed E-state index contributed by atoms with van der Waals surface area (Å²) in [5, 5.41) is 5.53. The van der Waals surface area contributed by atoms with Crippen LogP contribution in [0.1, 0.15) is 31.4 Å². The van der Waals surface area contributed by atoms with E-state index in [2.05, 4.69) is 15.4 Å². The van der Waals surface area contributed by atoms with Crippen LogP contribution in [0.3, 0.4) is 0 Å². The molecule has 1 fully saturated rings. The zero-order chi connectivity index (χ0) is 17.5. The van der Waals surface area contributed by atoms with Crippen molar-refractivity contribution in [3.8, 4) is 5.75 Å². The van der Waals surface area contributed by atoms with Crippen LogP contribution in [-0.4, -0.2) is 43.1 Å². The first-order valence-corrected chi connectivity index (χ1v) is 7.87. The lowest BCUT2D eigenvalue weighted by Gasteiger charge is -2.25. The minimum Gasteiger partial charge on any atom is -0.434 e. The molecule has 1 aliphatic heterocycles. The third-order valence-corrected chi connectivity index (χ3v) is 3.82. The van der Waals surface area contributed by atoms with Crippen LogP contribution in [0.15, 0.2) is 24.3 Å². The van der Waals surface area contributed by atoms with Gasteiger partial charge in [0.2, 0.25) is 5.91 Å². The maximum atomic E-state index is 12.5. The van der Waals surface area contributed by atoms with Gasteiger partial charge >= 0.3 is 12.6 Å². The average Bonchev–Trinajstić information content (AvgIpc) is 2.77. The number of benzene rings is 1. The highest BCUT2D eigenvalue weighted by Crippen LogP contribution is 2.28. The van der Waals surface area contributed by atoms with Gasteiger partial charge in [-0.05, 0) is 12.5 Å². The number of carbonyl (C=O) groups is 2. The molecule has 0 radical (unpaired) electrons. The third-order valence-electron chi connectivity index (χ3n) is 3.82. The fourth-order valence-corrected chi connectivity index (χ4v) is 2.58. The molecule has 2 N–H and O–H groups in total. The summed E-state index contributed by atoms with van der Waals surface area (Å²) < 4.78 is 29.6. The number of alkyl halides is 2. The molecule has 6 nitrogen and oxygen atoms in total. The van der Waals surface area contributed by atoms with Gasteiger partial charge < -0.3 is 20.3 Å². The number of nitrogens with zero attached hydrogens (tertiary/aromatic N) is 1. The molecule has 1 saturated heterocycles. The normalized spacial score (nSPS) is 16.3. The molecule has 24 heavy (non-hydrogen) atoms. The molecule has 0 aliphatic carbocycles. The predicted octanol–water partition coefficient (Wildman–Crippen LogP) is 2.27. The van der Waals surface area contributed by atoms with Crippen molar-refractivity contribution in [2.75, 3.05) is 19.6 Å². The van der Waals surface area contributed by atoms with Crippen LogP contribution in [0.25, 0.3) is 0 Å². The van der Waals surface area contributed by atoms with Crippen molar-refractivity contribution in [2.45, 2.75) is 32.4 Å². The average molecular weight is 341 g/mol. The van der Waals surface area contributed by atoms with E-state index in [9.17, 15) is 18.4 Å². The van der Waals surface area contributed by atoms with E-state index in [1.54, 1.807) is 18.2 Å². The molecular formula is C16H21F2N3O3. The highest BCUT2D eigenvalue weighted by molar-refractivity contribution is 5.79. The number of carbonyl (C=O) groups excluding carboxylic acids is 2. The first-order chi connectivity index (χ1) is 11.5. The highest BCUT2D eigenvalue weighted by atomic mass is 19.3. The van der Waals surface area contributed by atoms with Crippen LogP contribution < -0.4 is 15.4 Å². The van der Waals surface area contributed by atoms with E-state index in [1.165, 1.54) is 11.0 Å². The van der Waals surface area contributed by atoms with E-state index in [4.69, 9.17) is 0 Å². The minimum atomic E-state index is -2.93. The summed E-state index contributed by atoms with van der Waals surface area (Å²) in [6.45, 7) is 0.0418. The lowest BCUT2D eigenvalue weighted by atomic mass is 10.0. The molecule has 132 valence electrons. The Morgan fingerprint density at radius 3 is 2.83 bits per heavy atom. The first kappa shape index (κ1) is 18.0. The molecule has 1 atom stereocenters. The van der Waals surface area contributed by atoms with Crippen molar-refractivity contribution >= 4 is 11.9 Å². The van der Waals surface area contributed by atoms with Gasteiger partial charge in [-0.25, -0.2) is 4.79 Å². The van der Waals surface area contributed by atoms with Gasteiger partial charge in [-0.15, -0.1) is 0 Å². The van der Waals surface area contributed by atoms with Crippen molar-refractivity contribution in [3.63, 3.8) is 0 Å². The zero-order valence-corrected chi connectivity index (χ0v) is 13.4. The van der Waals surface area contributed by atoms with Crippen LogP contribution in [0.4, 0.5) is 13.6 Å². The Labute approximate surface area is 139 Å². The number of nitrogens with one attached hydrogen (secondary N) is 2. The van der Waals surface area contributed by atoms with Crippen LogP contribution >= 0.6 is 0 Å². The summed E-state index contributed by atoms with van der Waals surface area (Å²) in [4.78, 5) is 25.3. The van der Waals surface area contributed by atoms with E-state index < -0.39 is 12.7 Å². The van der Waals surface area contributed by atoms with Gasteiger partial charge in [0, 0.05) is 31.6 Å². The fourth-order valence-electron chi connectivity index (χ4n) is 2.58. The Morgan fingerprint density at radius 1 is 1.38 bits per heavy atom. The SMILES string of the molecule is CCC(NC(=O)N1CCNC(=O)CC1)c1ccccc1OC(F)F. The van der Waals surface area contributed by atoms with E-state index in [1.807, 2.05) is 6.92 Å². The lowest BCUT2D eigenvalue weighted by Crippen LogP contribution is -2.43. The van der Waals surface area contributed by atoms with E-state index in [-0.39, 0.29) is 24.1 Å². The van der Waals surface area contributed by atoms with Gasteiger partial charge in [-0.2, -0.15) is 8.78 Å². The third kappa shape index (κ3) is 4.81. The largest absolute Gasteiger partial charge is 0.434 e. The number of ether oxygens (including phenoxy) is 1. The molecule has 1 heterocycles.